The topological polar surface area (TPSA) is 99.2 Å². The molecule has 0 aliphatic heterocycles. The van der Waals surface area contributed by atoms with Crippen molar-refractivity contribution in [3.05, 3.63) is 41.6 Å². The lowest BCUT2D eigenvalue weighted by Gasteiger charge is -2.11. The van der Waals surface area contributed by atoms with Crippen molar-refractivity contribution in [2.75, 3.05) is 11.9 Å². The Morgan fingerprint density at radius 2 is 1.96 bits per heavy atom. The fourth-order valence-corrected chi connectivity index (χ4v) is 2.12. The summed E-state index contributed by atoms with van der Waals surface area (Å²) in [5, 5.41) is 6.78. The van der Waals surface area contributed by atoms with Crippen molar-refractivity contribution in [2.45, 2.75) is 26.8 Å². The highest BCUT2D eigenvalue weighted by Crippen LogP contribution is 2.22. The number of nitrogens with one attached hydrogen (secondary N) is 1. The minimum atomic E-state index is -0.395. The van der Waals surface area contributed by atoms with Crippen LogP contribution in [0.25, 0.3) is 0 Å². The number of anilines is 1. The number of nitrogens with zero attached hydrogens (tertiary/aromatic N) is 2. The number of para-hydroxylation sites is 1. The highest BCUT2D eigenvalue weighted by atomic mass is 16.5. The zero-order valence-corrected chi connectivity index (χ0v) is 13.2. The van der Waals surface area contributed by atoms with E-state index in [9.17, 15) is 9.59 Å². The van der Waals surface area contributed by atoms with Gasteiger partial charge in [0.05, 0.1) is 0 Å². The molecular weight excluding hydrogens is 296 g/mol. The molecule has 0 atom stereocenters. The first-order valence-corrected chi connectivity index (χ1v) is 7.26. The van der Waals surface area contributed by atoms with E-state index in [2.05, 4.69) is 10.4 Å². The molecule has 0 aliphatic rings. The van der Waals surface area contributed by atoms with Gasteiger partial charge in [0.15, 0.2) is 12.4 Å². The van der Waals surface area contributed by atoms with Crippen molar-refractivity contribution in [1.82, 2.24) is 9.78 Å². The Labute approximate surface area is 134 Å². The first kappa shape index (κ1) is 16.5. The molecule has 0 saturated heterocycles. The summed E-state index contributed by atoms with van der Waals surface area (Å²) >= 11 is 0. The second-order valence-electron chi connectivity index (χ2n) is 5.24. The van der Waals surface area contributed by atoms with Gasteiger partial charge < -0.3 is 15.8 Å². The van der Waals surface area contributed by atoms with Crippen LogP contribution in [0.1, 0.15) is 17.5 Å². The van der Waals surface area contributed by atoms with Crippen LogP contribution in [0.3, 0.4) is 0 Å². The molecule has 122 valence electrons. The number of aryl methyl sites for hydroxylation is 3. The van der Waals surface area contributed by atoms with Gasteiger partial charge in [0.25, 0.3) is 5.91 Å². The molecule has 0 unspecified atom stereocenters. The molecule has 1 heterocycles. The SMILES string of the molecule is Cc1cccc(C)c1OCC(=O)Nc1ccn(CCC(N)=O)n1. The number of hydrogen-bond donors (Lipinski definition) is 2. The number of primary amides is 1. The van der Waals surface area contributed by atoms with Gasteiger partial charge in [-0.05, 0) is 25.0 Å². The highest BCUT2D eigenvalue weighted by Gasteiger charge is 2.09. The molecule has 0 radical (unpaired) electrons. The first-order valence-electron chi connectivity index (χ1n) is 7.26. The molecule has 2 aromatic rings. The number of hydrogen-bond acceptors (Lipinski definition) is 4. The molecule has 7 nitrogen and oxygen atoms in total. The Hall–Kier alpha value is -2.83. The van der Waals surface area contributed by atoms with E-state index >= 15 is 0 Å². The number of ether oxygens (including phenoxy) is 1. The van der Waals surface area contributed by atoms with E-state index < -0.39 is 5.91 Å². The van der Waals surface area contributed by atoms with E-state index in [-0.39, 0.29) is 18.9 Å². The van der Waals surface area contributed by atoms with E-state index in [1.165, 1.54) is 0 Å². The lowest BCUT2D eigenvalue weighted by Crippen LogP contribution is -2.21. The largest absolute Gasteiger partial charge is 0.483 e. The molecule has 1 aromatic carbocycles. The molecule has 0 fully saturated rings. The van der Waals surface area contributed by atoms with E-state index in [1.54, 1.807) is 16.9 Å². The monoisotopic (exact) mass is 316 g/mol. The number of amides is 2. The van der Waals surface area contributed by atoms with Crippen molar-refractivity contribution in [3.8, 4) is 5.75 Å². The Balaban J connectivity index is 1.86. The molecule has 0 saturated carbocycles. The first-order chi connectivity index (χ1) is 11.0. The average Bonchev–Trinajstić information content (AvgIpc) is 2.92. The fraction of sp³-hybridized carbons (Fsp3) is 0.312. The fourth-order valence-electron chi connectivity index (χ4n) is 2.12. The standard InChI is InChI=1S/C16H20N4O3/c1-11-4-3-5-12(2)16(11)23-10-15(22)18-14-7-9-20(19-14)8-6-13(17)21/h3-5,7,9H,6,8,10H2,1-2H3,(H2,17,21)(H,18,19,22). The van der Waals surface area contributed by atoms with E-state index in [1.807, 2.05) is 32.0 Å². The summed E-state index contributed by atoms with van der Waals surface area (Å²) in [4.78, 5) is 22.7. The molecule has 2 amide bonds. The minimum absolute atomic E-state index is 0.0974. The molecule has 0 aliphatic carbocycles. The third kappa shape index (κ3) is 4.84. The molecule has 2 rings (SSSR count). The van der Waals surface area contributed by atoms with Crippen molar-refractivity contribution >= 4 is 17.6 Å². The maximum Gasteiger partial charge on any atom is 0.263 e. The van der Waals surface area contributed by atoms with Crippen LogP contribution in [0.2, 0.25) is 0 Å². The van der Waals surface area contributed by atoms with Crippen molar-refractivity contribution in [3.63, 3.8) is 0 Å². The van der Waals surface area contributed by atoms with Gasteiger partial charge in [-0.1, -0.05) is 18.2 Å². The van der Waals surface area contributed by atoms with Gasteiger partial charge in [-0.2, -0.15) is 5.10 Å². The van der Waals surface area contributed by atoms with E-state index in [0.717, 1.165) is 16.9 Å². The second kappa shape index (κ2) is 7.44. The third-order valence-electron chi connectivity index (χ3n) is 3.25. The predicted molar refractivity (Wildman–Crippen MR) is 86.1 cm³/mol. The van der Waals surface area contributed by atoms with Crippen molar-refractivity contribution in [2.24, 2.45) is 5.73 Å². The lowest BCUT2D eigenvalue weighted by atomic mass is 10.1. The average molecular weight is 316 g/mol. The highest BCUT2D eigenvalue weighted by molar-refractivity contribution is 5.90. The van der Waals surface area contributed by atoms with Crippen LogP contribution in [0.4, 0.5) is 5.82 Å². The van der Waals surface area contributed by atoms with Crippen LogP contribution in [0.5, 0.6) is 5.75 Å². The molecule has 3 N–H and O–H groups in total. The van der Waals surface area contributed by atoms with Crippen molar-refractivity contribution < 1.29 is 14.3 Å². The Kier molecular flexibility index (Phi) is 5.35. The summed E-state index contributed by atoms with van der Waals surface area (Å²) in [6, 6.07) is 7.45. The Bertz CT molecular complexity index is 689. The summed E-state index contributed by atoms with van der Waals surface area (Å²) in [7, 11) is 0. The van der Waals surface area contributed by atoms with Crippen LogP contribution in [0, 0.1) is 13.8 Å². The van der Waals surface area contributed by atoms with Crippen LogP contribution in [0.15, 0.2) is 30.5 Å². The van der Waals surface area contributed by atoms with Gasteiger partial charge in [-0.3, -0.25) is 14.3 Å². The second-order valence-corrected chi connectivity index (χ2v) is 5.24. The smallest absolute Gasteiger partial charge is 0.263 e. The Morgan fingerprint density at radius 3 is 2.61 bits per heavy atom. The molecular formula is C16H20N4O3. The molecule has 0 bridgehead atoms. The number of carbonyl (C=O) groups is 2. The zero-order chi connectivity index (χ0) is 16.8. The quantitative estimate of drug-likeness (QED) is 0.806. The normalized spacial score (nSPS) is 10.3. The third-order valence-corrected chi connectivity index (χ3v) is 3.25. The predicted octanol–water partition coefficient (Wildman–Crippen LogP) is 1.39. The maximum absolute atomic E-state index is 11.9. The van der Waals surface area contributed by atoms with Gasteiger partial charge in [-0.25, -0.2) is 0 Å². The molecule has 0 spiro atoms. The lowest BCUT2D eigenvalue weighted by molar-refractivity contribution is -0.119. The molecule has 23 heavy (non-hydrogen) atoms. The minimum Gasteiger partial charge on any atom is -0.483 e. The summed E-state index contributed by atoms with van der Waals surface area (Å²) in [6.07, 6.45) is 1.87. The van der Waals surface area contributed by atoms with Gasteiger partial charge in [0.2, 0.25) is 5.91 Å². The van der Waals surface area contributed by atoms with Crippen LogP contribution < -0.4 is 15.8 Å². The number of rotatable bonds is 7. The van der Waals surface area contributed by atoms with Gasteiger partial charge in [-0.15, -0.1) is 0 Å². The van der Waals surface area contributed by atoms with Crippen LogP contribution in [-0.2, 0) is 16.1 Å². The number of nitrogens with two attached hydrogens (primary N) is 1. The summed E-state index contributed by atoms with van der Waals surface area (Å²) in [5.41, 5.74) is 7.04. The van der Waals surface area contributed by atoms with E-state index in [4.69, 9.17) is 10.5 Å². The number of benzene rings is 1. The number of carbonyl (C=O) groups excluding carboxylic acids is 2. The van der Waals surface area contributed by atoms with E-state index in [0.29, 0.717) is 12.4 Å². The summed E-state index contributed by atoms with van der Waals surface area (Å²) in [5.74, 6) is 0.431. The van der Waals surface area contributed by atoms with Crippen LogP contribution >= 0.6 is 0 Å². The van der Waals surface area contributed by atoms with Gasteiger partial charge >= 0.3 is 0 Å². The van der Waals surface area contributed by atoms with Gasteiger partial charge in [0.1, 0.15) is 5.75 Å². The maximum atomic E-state index is 11.9. The zero-order valence-electron chi connectivity index (χ0n) is 13.2. The Morgan fingerprint density at radius 1 is 1.26 bits per heavy atom. The number of aromatic nitrogens is 2. The summed E-state index contributed by atoms with van der Waals surface area (Å²) in [6.45, 7) is 4.14. The molecule has 1 aromatic heterocycles. The van der Waals surface area contributed by atoms with Crippen LogP contribution in [-0.4, -0.2) is 28.2 Å². The summed E-state index contributed by atoms with van der Waals surface area (Å²) < 4.78 is 7.13. The molecule has 7 heteroatoms. The van der Waals surface area contributed by atoms with Crippen molar-refractivity contribution in [1.29, 1.82) is 0 Å². The van der Waals surface area contributed by atoms with Gasteiger partial charge in [0, 0.05) is 25.2 Å².